The standard InChI is InChI=1S/C18H27FN2O4S/c1-18(2,3)25-17(22)21-10-4-5-15(12-21)11-20-26(23,24)13-14-6-8-16(19)9-7-14/h6-9,15,20H,4-5,10-13H2,1-3H3. The van der Waals surface area contributed by atoms with Gasteiger partial charge in [-0.2, -0.15) is 0 Å². The highest BCUT2D eigenvalue weighted by Crippen LogP contribution is 2.19. The normalized spacial score (nSPS) is 18.6. The molecule has 0 radical (unpaired) electrons. The molecule has 1 N–H and O–H groups in total. The summed E-state index contributed by atoms with van der Waals surface area (Å²) >= 11 is 0. The number of nitrogens with one attached hydrogen (secondary N) is 1. The number of hydrogen-bond acceptors (Lipinski definition) is 4. The van der Waals surface area contributed by atoms with Gasteiger partial charge in [0.25, 0.3) is 0 Å². The topological polar surface area (TPSA) is 75.7 Å². The van der Waals surface area contributed by atoms with Crippen LogP contribution in [0.2, 0.25) is 0 Å². The number of hydrogen-bond donors (Lipinski definition) is 1. The van der Waals surface area contributed by atoms with Crippen LogP contribution in [0.5, 0.6) is 0 Å². The van der Waals surface area contributed by atoms with Crippen molar-refractivity contribution in [3.8, 4) is 0 Å². The van der Waals surface area contributed by atoms with Gasteiger partial charge in [0.15, 0.2) is 0 Å². The highest BCUT2D eigenvalue weighted by molar-refractivity contribution is 7.88. The molecule has 1 aliphatic rings. The molecule has 0 saturated carbocycles. The van der Waals surface area contributed by atoms with Gasteiger partial charge in [0.1, 0.15) is 11.4 Å². The lowest BCUT2D eigenvalue weighted by molar-refractivity contribution is 0.0169. The van der Waals surface area contributed by atoms with Gasteiger partial charge in [0.05, 0.1) is 5.75 Å². The van der Waals surface area contributed by atoms with E-state index in [4.69, 9.17) is 4.74 Å². The molecule has 6 nitrogen and oxygen atoms in total. The summed E-state index contributed by atoms with van der Waals surface area (Å²) in [6.45, 7) is 6.80. The molecule has 1 heterocycles. The third kappa shape index (κ3) is 6.92. The number of sulfonamides is 1. The second-order valence-electron chi connectivity index (χ2n) is 7.67. The molecule has 1 aromatic carbocycles. The van der Waals surface area contributed by atoms with Crippen LogP contribution in [-0.4, -0.2) is 44.6 Å². The molecule has 1 atom stereocenters. The summed E-state index contributed by atoms with van der Waals surface area (Å²) in [5.74, 6) is -0.557. The molecule has 1 fully saturated rings. The number of carbonyl (C=O) groups is 1. The smallest absolute Gasteiger partial charge is 0.410 e. The van der Waals surface area contributed by atoms with Gasteiger partial charge in [0.2, 0.25) is 10.0 Å². The van der Waals surface area contributed by atoms with Crippen LogP contribution in [0.25, 0.3) is 0 Å². The molecule has 8 heteroatoms. The summed E-state index contributed by atoms with van der Waals surface area (Å²) in [6, 6.07) is 5.40. The number of amides is 1. The second-order valence-corrected chi connectivity index (χ2v) is 9.48. The number of rotatable bonds is 5. The Bertz CT molecular complexity index is 714. The Balaban J connectivity index is 1.86. The third-order valence-electron chi connectivity index (χ3n) is 4.03. The van der Waals surface area contributed by atoms with Crippen molar-refractivity contribution in [1.29, 1.82) is 0 Å². The SMILES string of the molecule is CC(C)(C)OC(=O)N1CCCC(CNS(=O)(=O)Cc2ccc(F)cc2)C1. The zero-order chi connectivity index (χ0) is 19.4. The molecule has 146 valence electrons. The van der Waals surface area contributed by atoms with Crippen molar-refractivity contribution in [2.45, 2.75) is 45.0 Å². The van der Waals surface area contributed by atoms with Crippen molar-refractivity contribution in [1.82, 2.24) is 9.62 Å². The number of piperidine rings is 1. The van der Waals surface area contributed by atoms with Crippen LogP contribution in [-0.2, 0) is 20.5 Å². The van der Waals surface area contributed by atoms with Crippen molar-refractivity contribution in [3.05, 3.63) is 35.6 Å². The maximum absolute atomic E-state index is 12.9. The van der Waals surface area contributed by atoms with E-state index >= 15 is 0 Å². The van der Waals surface area contributed by atoms with Gasteiger partial charge in [-0.05, 0) is 57.2 Å². The van der Waals surface area contributed by atoms with Crippen LogP contribution in [0, 0.1) is 11.7 Å². The van der Waals surface area contributed by atoms with E-state index in [-0.39, 0.29) is 24.3 Å². The number of halogens is 1. The molecule has 26 heavy (non-hydrogen) atoms. The van der Waals surface area contributed by atoms with Crippen molar-refractivity contribution >= 4 is 16.1 Å². The molecule has 0 aromatic heterocycles. The number of ether oxygens (including phenoxy) is 1. The average Bonchev–Trinajstić information content (AvgIpc) is 2.54. The largest absolute Gasteiger partial charge is 0.444 e. The van der Waals surface area contributed by atoms with E-state index in [1.54, 1.807) is 4.90 Å². The van der Waals surface area contributed by atoms with E-state index in [1.165, 1.54) is 24.3 Å². The lowest BCUT2D eigenvalue weighted by Crippen LogP contribution is -2.45. The lowest BCUT2D eigenvalue weighted by atomic mass is 9.99. The molecule has 0 spiro atoms. The minimum atomic E-state index is -3.52. The van der Waals surface area contributed by atoms with E-state index in [0.29, 0.717) is 18.7 Å². The first kappa shape index (κ1) is 20.6. The molecule has 1 saturated heterocycles. The third-order valence-corrected chi connectivity index (χ3v) is 5.35. The van der Waals surface area contributed by atoms with Crippen LogP contribution < -0.4 is 4.72 Å². The Morgan fingerprint density at radius 2 is 1.96 bits per heavy atom. The zero-order valence-corrected chi connectivity index (χ0v) is 16.3. The molecule has 0 bridgehead atoms. The quantitative estimate of drug-likeness (QED) is 0.844. The van der Waals surface area contributed by atoms with Crippen molar-refractivity contribution in [2.75, 3.05) is 19.6 Å². The van der Waals surface area contributed by atoms with Crippen molar-refractivity contribution in [2.24, 2.45) is 5.92 Å². The number of benzene rings is 1. The molecule has 1 unspecified atom stereocenters. The van der Waals surface area contributed by atoms with Crippen LogP contribution in [0.1, 0.15) is 39.2 Å². The monoisotopic (exact) mass is 386 g/mol. The highest BCUT2D eigenvalue weighted by atomic mass is 32.2. The molecule has 0 aliphatic carbocycles. The van der Waals surface area contributed by atoms with E-state index in [1.807, 2.05) is 20.8 Å². The summed E-state index contributed by atoms with van der Waals surface area (Å²) in [5, 5.41) is 0. The van der Waals surface area contributed by atoms with E-state index in [0.717, 1.165) is 12.8 Å². The van der Waals surface area contributed by atoms with E-state index in [2.05, 4.69) is 4.72 Å². The van der Waals surface area contributed by atoms with Gasteiger partial charge in [-0.25, -0.2) is 22.3 Å². The predicted molar refractivity (Wildman–Crippen MR) is 97.6 cm³/mol. The fourth-order valence-electron chi connectivity index (χ4n) is 2.82. The lowest BCUT2D eigenvalue weighted by Gasteiger charge is -2.34. The van der Waals surface area contributed by atoms with Crippen molar-refractivity contribution < 1.29 is 22.3 Å². The maximum atomic E-state index is 12.9. The van der Waals surface area contributed by atoms with Crippen LogP contribution >= 0.6 is 0 Å². The summed E-state index contributed by atoms with van der Waals surface area (Å²) in [5.41, 5.74) is -0.0289. The molecule has 1 aromatic rings. The number of nitrogens with zero attached hydrogens (tertiary/aromatic N) is 1. The van der Waals surface area contributed by atoms with Crippen LogP contribution in [0.4, 0.5) is 9.18 Å². The van der Waals surface area contributed by atoms with E-state index in [9.17, 15) is 17.6 Å². The van der Waals surface area contributed by atoms with Gasteiger partial charge in [-0.1, -0.05) is 12.1 Å². The molecule has 2 rings (SSSR count). The highest BCUT2D eigenvalue weighted by Gasteiger charge is 2.28. The molecule has 1 amide bonds. The molecular weight excluding hydrogens is 359 g/mol. The number of likely N-dealkylation sites (tertiary alicyclic amines) is 1. The van der Waals surface area contributed by atoms with Gasteiger partial charge in [-0.3, -0.25) is 0 Å². The fraction of sp³-hybridized carbons (Fsp3) is 0.611. The Morgan fingerprint density at radius 1 is 1.31 bits per heavy atom. The van der Waals surface area contributed by atoms with Gasteiger partial charge in [-0.15, -0.1) is 0 Å². The zero-order valence-electron chi connectivity index (χ0n) is 15.5. The Morgan fingerprint density at radius 3 is 2.58 bits per heavy atom. The number of carbonyl (C=O) groups excluding carboxylic acids is 1. The second kappa shape index (κ2) is 8.35. The van der Waals surface area contributed by atoms with Gasteiger partial charge >= 0.3 is 6.09 Å². The summed E-state index contributed by atoms with van der Waals surface area (Å²) < 4.78 is 45.3. The van der Waals surface area contributed by atoms with E-state index < -0.39 is 21.4 Å². The summed E-state index contributed by atoms with van der Waals surface area (Å²) in [4.78, 5) is 13.8. The Kier molecular flexibility index (Phi) is 6.63. The minimum absolute atomic E-state index is 0.0410. The minimum Gasteiger partial charge on any atom is -0.444 e. The first-order valence-electron chi connectivity index (χ1n) is 8.74. The summed E-state index contributed by atoms with van der Waals surface area (Å²) in [7, 11) is -3.52. The Labute approximate surface area is 154 Å². The molecule has 1 aliphatic heterocycles. The first-order valence-corrected chi connectivity index (χ1v) is 10.4. The predicted octanol–water partition coefficient (Wildman–Crippen LogP) is 2.89. The first-order chi connectivity index (χ1) is 12.0. The van der Waals surface area contributed by atoms with Gasteiger partial charge in [0, 0.05) is 19.6 Å². The fourth-order valence-corrected chi connectivity index (χ4v) is 4.04. The average molecular weight is 386 g/mol. The summed E-state index contributed by atoms with van der Waals surface area (Å²) in [6.07, 6.45) is 1.29. The van der Waals surface area contributed by atoms with Crippen LogP contribution in [0.15, 0.2) is 24.3 Å². The van der Waals surface area contributed by atoms with Crippen LogP contribution in [0.3, 0.4) is 0 Å². The maximum Gasteiger partial charge on any atom is 0.410 e. The Hall–Kier alpha value is -1.67. The van der Waals surface area contributed by atoms with Gasteiger partial charge < -0.3 is 9.64 Å². The molecular formula is C18H27FN2O4S. The van der Waals surface area contributed by atoms with Crippen molar-refractivity contribution in [3.63, 3.8) is 0 Å².